The SMILES string of the molecule is OC1(COC2CCOC2)CCCCC1. The first-order valence-electron chi connectivity index (χ1n) is 5.70. The van der Waals surface area contributed by atoms with Crippen LogP contribution in [0.2, 0.25) is 0 Å². The molecule has 0 radical (unpaired) electrons. The zero-order valence-electron chi connectivity index (χ0n) is 8.71. The van der Waals surface area contributed by atoms with Gasteiger partial charge < -0.3 is 14.6 Å². The van der Waals surface area contributed by atoms with Crippen LogP contribution in [-0.2, 0) is 9.47 Å². The highest BCUT2D eigenvalue weighted by atomic mass is 16.5. The van der Waals surface area contributed by atoms with E-state index in [1.165, 1.54) is 6.42 Å². The monoisotopic (exact) mass is 200 g/mol. The van der Waals surface area contributed by atoms with Crippen molar-refractivity contribution in [3.8, 4) is 0 Å². The van der Waals surface area contributed by atoms with E-state index in [0.717, 1.165) is 38.7 Å². The van der Waals surface area contributed by atoms with Crippen LogP contribution in [0, 0.1) is 0 Å². The standard InChI is InChI=1S/C11H20O3/c12-11(5-2-1-3-6-11)9-14-10-4-7-13-8-10/h10,12H,1-9H2. The lowest BCUT2D eigenvalue weighted by molar-refractivity contribution is -0.0905. The van der Waals surface area contributed by atoms with Gasteiger partial charge in [-0.2, -0.15) is 0 Å². The first kappa shape index (κ1) is 10.4. The van der Waals surface area contributed by atoms with Crippen molar-refractivity contribution in [2.24, 2.45) is 0 Å². The number of hydrogen-bond acceptors (Lipinski definition) is 3. The van der Waals surface area contributed by atoms with Gasteiger partial charge in [0.15, 0.2) is 0 Å². The lowest BCUT2D eigenvalue weighted by Gasteiger charge is -2.32. The summed E-state index contributed by atoms with van der Waals surface area (Å²) in [5, 5.41) is 10.2. The Morgan fingerprint density at radius 2 is 2.07 bits per heavy atom. The van der Waals surface area contributed by atoms with Crippen molar-refractivity contribution < 1.29 is 14.6 Å². The molecule has 1 unspecified atom stereocenters. The lowest BCUT2D eigenvalue weighted by atomic mass is 9.85. The molecule has 14 heavy (non-hydrogen) atoms. The molecule has 1 saturated heterocycles. The average molecular weight is 200 g/mol. The first-order valence-corrected chi connectivity index (χ1v) is 5.70. The summed E-state index contributed by atoms with van der Waals surface area (Å²) in [6, 6.07) is 0. The van der Waals surface area contributed by atoms with Crippen LogP contribution in [-0.4, -0.2) is 36.6 Å². The smallest absolute Gasteiger partial charge is 0.0880 e. The molecule has 2 rings (SSSR count). The Labute approximate surface area is 85.4 Å². The van der Waals surface area contributed by atoms with Crippen LogP contribution in [0.5, 0.6) is 0 Å². The summed E-state index contributed by atoms with van der Waals surface area (Å²) in [7, 11) is 0. The van der Waals surface area contributed by atoms with Gasteiger partial charge in [-0.3, -0.25) is 0 Å². The second-order valence-electron chi connectivity index (χ2n) is 4.58. The van der Waals surface area contributed by atoms with Crippen molar-refractivity contribution in [2.75, 3.05) is 19.8 Å². The van der Waals surface area contributed by atoms with Crippen LogP contribution in [0.25, 0.3) is 0 Å². The minimum absolute atomic E-state index is 0.223. The minimum Gasteiger partial charge on any atom is -0.387 e. The Morgan fingerprint density at radius 1 is 1.29 bits per heavy atom. The molecule has 3 nitrogen and oxygen atoms in total. The van der Waals surface area contributed by atoms with Gasteiger partial charge in [0.25, 0.3) is 0 Å². The fourth-order valence-electron chi connectivity index (χ4n) is 2.27. The molecule has 0 spiro atoms. The Balaban J connectivity index is 1.72. The number of rotatable bonds is 3. The first-order chi connectivity index (χ1) is 6.79. The van der Waals surface area contributed by atoms with E-state index in [9.17, 15) is 5.11 Å². The van der Waals surface area contributed by atoms with Crippen molar-refractivity contribution in [1.29, 1.82) is 0 Å². The van der Waals surface area contributed by atoms with E-state index >= 15 is 0 Å². The molecule has 0 amide bonds. The Hall–Kier alpha value is -0.120. The molecule has 1 heterocycles. The molecule has 0 aromatic carbocycles. The van der Waals surface area contributed by atoms with E-state index in [1.54, 1.807) is 0 Å². The summed E-state index contributed by atoms with van der Waals surface area (Å²) in [6.45, 7) is 2.01. The predicted molar refractivity (Wildman–Crippen MR) is 53.2 cm³/mol. The van der Waals surface area contributed by atoms with E-state index in [-0.39, 0.29) is 6.10 Å². The molecule has 82 valence electrons. The van der Waals surface area contributed by atoms with Gasteiger partial charge in [-0.05, 0) is 19.3 Å². The summed E-state index contributed by atoms with van der Waals surface area (Å²) in [5.74, 6) is 0. The Morgan fingerprint density at radius 3 is 2.71 bits per heavy atom. The average Bonchev–Trinajstić information content (AvgIpc) is 2.69. The molecule has 1 saturated carbocycles. The van der Waals surface area contributed by atoms with Gasteiger partial charge in [-0.15, -0.1) is 0 Å². The van der Waals surface area contributed by atoms with Crippen LogP contribution in [0.3, 0.4) is 0 Å². The molecule has 0 bridgehead atoms. The van der Waals surface area contributed by atoms with E-state index in [2.05, 4.69) is 0 Å². The maximum Gasteiger partial charge on any atom is 0.0880 e. The molecule has 1 N–H and O–H groups in total. The van der Waals surface area contributed by atoms with Crippen molar-refractivity contribution in [2.45, 2.75) is 50.2 Å². The predicted octanol–water partition coefficient (Wildman–Crippen LogP) is 1.49. The van der Waals surface area contributed by atoms with Gasteiger partial charge in [-0.1, -0.05) is 19.3 Å². The van der Waals surface area contributed by atoms with E-state index in [1.807, 2.05) is 0 Å². The molecule has 1 aliphatic carbocycles. The zero-order valence-corrected chi connectivity index (χ0v) is 8.71. The molecule has 1 aliphatic heterocycles. The maximum atomic E-state index is 10.2. The summed E-state index contributed by atoms with van der Waals surface area (Å²) in [5.41, 5.74) is -0.541. The van der Waals surface area contributed by atoms with Crippen LogP contribution in [0.4, 0.5) is 0 Å². The number of hydrogen-bond donors (Lipinski definition) is 1. The molecular weight excluding hydrogens is 180 g/mol. The van der Waals surface area contributed by atoms with Gasteiger partial charge in [-0.25, -0.2) is 0 Å². The van der Waals surface area contributed by atoms with Crippen LogP contribution in [0.1, 0.15) is 38.5 Å². The third kappa shape index (κ3) is 2.69. The summed E-state index contributed by atoms with van der Waals surface area (Å²) < 4.78 is 10.9. The highest BCUT2D eigenvalue weighted by Crippen LogP contribution is 2.28. The highest BCUT2D eigenvalue weighted by Gasteiger charge is 2.31. The molecule has 3 heteroatoms. The molecule has 1 atom stereocenters. The zero-order chi connectivity index (χ0) is 9.86. The van der Waals surface area contributed by atoms with Gasteiger partial charge in [0.2, 0.25) is 0 Å². The maximum absolute atomic E-state index is 10.2. The van der Waals surface area contributed by atoms with Crippen LogP contribution in [0.15, 0.2) is 0 Å². The number of aliphatic hydroxyl groups is 1. The quantitative estimate of drug-likeness (QED) is 0.750. The second kappa shape index (κ2) is 4.60. The van der Waals surface area contributed by atoms with Crippen molar-refractivity contribution in [3.05, 3.63) is 0 Å². The van der Waals surface area contributed by atoms with E-state index in [0.29, 0.717) is 13.2 Å². The van der Waals surface area contributed by atoms with Crippen molar-refractivity contribution in [3.63, 3.8) is 0 Å². The van der Waals surface area contributed by atoms with E-state index in [4.69, 9.17) is 9.47 Å². The fraction of sp³-hybridized carbons (Fsp3) is 1.00. The van der Waals surface area contributed by atoms with Crippen LogP contribution >= 0.6 is 0 Å². The van der Waals surface area contributed by atoms with Crippen LogP contribution < -0.4 is 0 Å². The second-order valence-corrected chi connectivity index (χ2v) is 4.58. The van der Waals surface area contributed by atoms with Gasteiger partial charge >= 0.3 is 0 Å². The lowest BCUT2D eigenvalue weighted by Crippen LogP contribution is -2.38. The third-order valence-electron chi connectivity index (χ3n) is 3.26. The van der Waals surface area contributed by atoms with Crippen molar-refractivity contribution in [1.82, 2.24) is 0 Å². The molecule has 2 aliphatic rings. The number of ether oxygens (including phenoxy) is 2. The normalized spacial score (nSPS) is 31.9. The summed E-state index contributed by atoms with van der Waals surface area (Å²) in [4.78, 5) is 0. The van der Waals surface area contributed by atoms with Gasteiger partial charge in [0.05, 0.1) is 24.9 Å². The Kier molecular flexibility index (Phi) is 3.42. The molecule has 0 aromatic heterocycles. The van der Waals surface area contributed by atoms with Gasteiger partial charge in [0, 0.05) is 6.61 Å². The van der Waals surface area contributed by atoms with E-state index < -0.39 is 5.60 Å². The summed E-state index contributed by atoms with van der Waals surface area (Å²) in [6.07, 6.45) is 6.55. The minimum atomic E-state index is -0.541. The molecule has 2 fully saturated rings. The van der Waals surface area contributed by atoms with Crippen molar-refractivity contribution >= 4 is 0 Å². The Bertz CT molecular complexity index is 169. The largest absolute Gasteiger partial charge is 0.387 e. The molecule has 0 aromatic rings. The fourth-order valence-corrected chi connectivity index (χ4v) is 2.27. The topological polar surface area (TPSA) is 38.7 Å². The highest BCUT2D eigenvalue weighted by molar-refractivity contribution is 4.82. The third-order valence-corrected chi connectivity index (χ3v) is 3.26. The summed E-state index contributed by atoms with van der Waals surface area (Å²) >= 11 is 0. The molecular formula is C11H20O3. The van der Waals surface area contributed by atoms with Gasteiger partial charge in [0.1, 0.15) is 0 Å².